The molecule has 0 bridgehead atoms. The molecule has 0 saturated carbocycles. The maximum Gasteiger partial charge on any atom is 0.317 e. The molecule has 1 aliphatic rings. The Morgan fingerprint density at radius 2 is 1.96 bits per heavy atom. The Morgan fingerprint density at radius 1 is 1.28 bits per heavy atom. The van der Waals surface area contributed by atoms with Crippen molar-refractivity contribution in [2.24, 2.45) is 5.92 Å². The van der Waals surface area contributed by atoms with E-state index in [1.54, 1.807) is 4.90 Å². The molecule has 1 aliphatic heterocycles. The zero-order valence-electron chi connectivity index (χ0n) is 15.7. The maximum atomic E-state index is 12.7. The normalized spacial score (nSPS) is 17.3. The first kappa shape index (κ1) is 19.1. The van der Waals surface area contributed by atoms with Crippen molar-refractivity contribution in [2.45, 2.75) is 46.6 Å². The first-order chi connectivity index (χ1) is 11.9. The first-order valence-corrected chi connectivity index (χ1v) is 9.10. The van der Waals surface area contributed by atoms with E-state index in [4.69, 9.17) is 0 Å². The number of anilines is 1. The fourth-order valence-corrected chi connectivity index (χ4v) is 2.99. The number of nitrogens with zero attached hydrogens (tertiary/aromatic N) is 2. The Bertz CT molecular complexity index is 586. The van der Waals surface area contributed by atoms with Crippen LogP contribution in [0.5, 0.6) is 0 Å². The highest BCUT2D eigenvalue weighted by Crippen LogP contribution is 2.18. The summed E-state index contributed by atoms with van der Waals surface area (Å²) < 4.78 is 0. The summed E-state index contributed by atoms with van der Waals surface area (Å²) in [5.74, 6) is -0.198. The second-order valence-electron chi connectivity index (χ2n) is 6.95. The van der Waals surface area contributed by atoms with Crippen LogP contribution in [0.3, 0.4) is 0 Å². The topological polar surface area (TPSA) is 64.7 Å². The summed E-state index contributed by atoms with van der Waals surface area (Å²) in [5.41, 5.74) is 5.16. The molecule has 25 heavy (non-hydrogen) atoms. The predicted molar refractivity (Wildman–Crippen MR) is 100 cm³/mol. The highest BCUT2D eigenvalue weighted by molar-refractivity contribution is 5.82. The molecule has 2 rings (SSSR count). The Balaban J connectivity index is 1.96. The van der Waals surface area contributed by atoms with Crippen molar-refractivity contribution in [1.29, 1.82) is 0 Å². The van der Waals surface area contributed by atoms with Gasteiger partial charge in [-0.2, -0.15) is 0 Å². The average molecular weight is 346 g/mol. The van der Waals surface area contributed by atoms with Gasteiger partial charge in [0, 0.05) is 25.7 Å². The van der Waals surface area contributed by atoms with Gasteiger partial charge < -0.3 is 10.2 Å². The number of hydrogen-bond donors (Lipinski definition) is 2. The summed E-state index contributed by atoms with van der Waals surface area (Å²) >= 11 is 0. The smallest absolute Gasteiger partial charge is 0.317 e. The Hall–Kier alpha value is -2.24. The van der Waals surface area contributed by atoms with Crippen LogP contribution < -0.4 is 15.8 Å². The van der Waals surface area contributed by atoms with Crippen LogP contribution in [0.1, 0.15) is 39.2 Å². The molecule has 1 heterocycles. The summed E-state index contributed by atoms with van der Waals surface area (Å²) in [7, 11) is 0. The fraction of sp³-hybridized carbons (Fsp3) is 0.579. The van der Waals surface area contributed by atoms with E-state index in [9.17, 15) is 9.59 Å². The van der Waals surface area contributed by atoms with Crippen LogP contribution in [0.4, 0.5) is 10.5 Å². The number of amides is 3. The van der Waals surface area contributed by atoms with E-state index in [2.05, 4.69) is 10.7 Å². The molecular formula is C19H30N4O2. The van der Waals surface area contributed by atoms with Crippen molar-refractivity contribution < 1.29 is 9.59 Å². The summed E-state index contributed by atoms with van der Waals surface area (Å²) in [6.45, 7) is 9.77. The second kappa shape index (κ2) is 8.74. The third kappa shape index (κ3) is 5.37. The number of carbonyl (C=O) groups excluding carboxylic acids is 2. The van der Waals surface area contributed by atoms with E-state index < -0.39 is 0 Å². The molecule has 0 spiro atoms. The quantitative estimate of drug-likeness (QED) is 0.806. The average Bonchev–Trinajstić information content (AvgIpc) is 2.60. The molecule has 0 aromatic heterocycles. The summed E-state index contributed by atoms with van der Waals surface area (Å²) in [6.07, 6.45) is 1.66. The molecule has 6 nitrogen and oxygen atoms in total. The molecule has 1 atom stereocenters. The first-order valence-electron chi connectivity index (χ1n) is 9.10. The fourth-order valence-electron chi connectivity index (χ4n) is 2.99. The highest BCUT2D eigenvalue weighted by Gasteiger charge is 2.29. The summed E-state index contributed by atoms with van der Waals surface area (Å²) in [6, 6.07) is 8.08. The van der Waals surface area contributed by atoms with E-state index in [0.29, 0.717) is 19.6 Å². The lowest BCUT2D eigenvalue weighted by Gasteiger charge is -2.34. The lowest BCUT2D eigenvalue weighted by molar-refractivity contribution is -0.126. The van der Waals surface area contributed by atoms with Gasteiger partial charge in [0.2, 0.25) is 5.91 Å². The molecule has 0 aliphatic carbocycles. The number of hydrazine groups is 1. The van der Waals surface area contributed by atoms with Crippen molar-refractivity contribution in [1.82, 2.24) is 15.6 Å². The number of piperidine rings is 1. The van der Waals surface area contributed by atoms with Gasteiger partial charge in [0.15, 0.2) is 0 Å². The van der Waals surface area contributed by atoms with Crippen LogP contribution in [0, 0.1) is 12.8 Å². The van der Waals surface area contributed by atoms with Crippen molar-refractivity contribution in [3.8, 4) is 0 Å². The van der Waals surface area contributed by atoms with Gasteiger partial charge in [0.1, 0.15) is 0 Å². The largest absolute Gasteiger partial charge is 0.336 e. The number of rotatable bonds is 5. The molecular weight excluding hydrogens is 316 g/mol. The lowest BCUT2D eigenvalue weighted by Crippen LogP contribution is -2.52. The van der Waals surface area contributed by atoms with Gasteiger partial charge >= 0.3 is 6.03 Å². The Labute approximate surface area is 150 Å². The molecule has 0 radical (unpaired) electrons. The number of likely N-dealkylation sites (tertiary alicyclic amines) is 1. The molecule has 1 aromatic carbocycles. The van der Waals surface area contributed by atoms with Crippen molar-refractivity contribution >= 4 is 17.6 Å². The number of carbonyl (C=O) groups is 2. The molecule has 1 aromatic rings. The number of urea groups is 1. The van der Waals surface area contributed by atoms with E-state index >= 15 is 0 Å². The van der Waals surface area contributed by atoms with E-state index in [-0.39, 0.29) is 23.9 Å². The van der Waals surface area contributed by atoms with E-state index in [0.717, 1.165) is 18.5 Å². The second-order valence-corrected chi connectivity index (χ2v) is 6.95. The van der Waals surface area contributed by atoms with Crippen LogP contribution in [0.15, 0.2) is 24.3 Å². The van der Waals surface area contributed by atoms with Crippen LogP contribution in [-0.2, 0) is 4.79 Å². The van der Waals surface area contributed by atoms with E-state index in [1.807, 2.05) is 57.0 Å². The molecule has 3 amide bonds. The summed E-state index contributed by atoms with van der Waals surface area (Å²) in [5, 5.41) is 4.76. The Kier molecular flexibility index (Phi) is 6.67. The van der Waals surface area contributed by atoms with Crippen molar-refractivity contribution in [2.75, 3.05) is 24.6 Å². The van der Waals surface area contributed by atoms with Gasteiger partial charge in [-0.05, 0) is 52.7 Å². The third-order valence-electron chi connectivity index (χ3n) is 4.40. The zero-order chi connectivity index (χ0) is 18.4. The van der Waals surface area contributed by atoms with Gasteiger partial charge in [-0.1, -0.05) is 17.7 Å². The zero-order valence-corrected chi connectivity index (χ0v) is 15.7. The Morgan fingerprint density at radius 3 is 2.56 bits per heavy atom. The maximum absolute atomic E-state index is 12.7. The molecule has 6 heteroatoms. The minimum Gasteiger partial charge on any atom is -0.336 e. The van der Waals surface area contributed by atoms with Crippen LogP contribution >= 0.6 is 0 Å². The standard InChI is InChI=1S/C19H30N4O2/c1-5-23(17-10-8-15(4)9-11-17)21-18(24)16-7-6-12-22(13-16)19(25)20-14(2)3/h8-11,14,16H,5-7,12-13H2,1-4H3,(H,20,25)(H,21,24)/t16-/m0/s1. The molecule has 1 fully saturated rings. The number of hydrogen-bond acceptors (Lipinski definition) is 3. The van der Waals surface area contributed by atoms with Gasteiger partial charge in [-0.3, -0.25) is 15.2 Å². The number of aryl methyl sites for hydroxylation is 1. The summed E-state index contributed by atoms with van der Waals surface area (Å²) in [4.78, 5) is 26.6. The van der Waals surface area contributed by atoms with Crippen LogP contribution in [-0.4, -0.2) is 42.5 Å². The molecule has 138 valence electrons. The lowest BCUT2D eigenvalue weighted by atomic mass is 9.97. The minimum absolute atomic E-state index is 0.0236. The molecule has 0 unspecified atom stereocenters. The van der Waals surface area contributed by atoms with Gasteiger partial charge in [-0.25, -0.2) is 4.79 Å². The van der Waals surface area contributed by atoms with Gasteiger partial charge in [0.05, 0.1) is 11.6 Å². The monoisotopic (exact) mass is 346 g/mol. The van der Waals surface area contributed by atoms with E-state index in [1.165, 1.54) is 5.56 Å². The van der Waals surface area contributed by atoms with Crippen LogP contribution in [0.2, 0.25) is 0 Å². The van der Waals surface area contributed by atoms with Gasteiger partial charge in [-0.15, -0.1) is 0 Å². The van der Waals surface area contributed by atoms with Crippen molar-refractivity contribution in [3.63, 3.8) is 0 Å². The third-order valence-corrected chi connectivity index (χ3v) is 4.40. The minimum atomic E-state index is -0.175. The molecule has 2 N–H and O–H groups in total. The SMILES string of the molecule is CCN(NC(=O)[C@H]1CCCN(C(=O)NC(C)C)C1)c1ccc(C)cc1. The molecule has 1 saturated heterocycles. The van der Waals surface area contributed by atoms with Crippen LogP contribution in [0.25, 0.3) is 0 Å². The van der Waals surface area contributed by atoms with Crippen molar-refractivity contribution in [3.05, 3.63) is 29.8 Å². The highest BCUT2D eigenvalue weighted by atomic mass is 16.2. The number of benzene rings is 1. The number of nitrogens with one attached hydrogen (secondary N) is 2. The predicted octanol–water partition coefficient (Wildman–Crippen LogP) is 2.68. The van der Waals surface area contributed by atoms with Gasteiger partial charge in [0.25, 0.3) is 0 Å².